The van der Waals surface area contributed by atoms with Crippen LogP contribution in [0.3, 0.4) is 0 Å². The molecule has 0 aliphatic carbocycles. The van der Waals surface area contributed by atoms with Gasteiger partial charge in [0.25, 0.3) is 0 Å². The van der Waals surface area contributed by atoms with Gasteiger partial charge in [-0.05, 0) is 58.7 Å². The summed E-state index contributed by atoms with van der Waals surface area (Å²) < 4.78 is 46.5. The Morgan fingerprint density at radius 2 is 0.925 bits per heavy atom. The van der Waals surface area contributed by atoms with E-state index in [-0.39, 0.29) is 11.4 Å². The highest BCUT2D eigenvalue weighted by Crippen LogP contribution is 2.43. The normalized spacial score (nSPS) is 11.7. The Kier molecular flexibility index (Phi) is 7.89. The van der Waals surface area contributed by atoms with Gasteiger partial charge < -0.3 is 4.57 Å². The summed E-state index contributed by atoms with van der Waals surface area (Å²) in [6.07, 6.45) is -4.61. The third-order valence-electron chi connectivity index (χ3n) is 9.51. The molecule has 0 N–H and O–H groups in total. The number of rotatable bonds is 6. The first-order valence-electron chi connectivity index (χ1n) is 17.2. The molecule has 0 unspecified atom stereocenters. The van der Waals surface area contributed by atoms with Crippen LogP contribution in [0.5, 0.6) is 0 Å². The topological polar surface area (TPSA) is 43.6 Å². The van der Waals surface area contributed by atoms with E-state index in [1.54, 1.807) is 6.07 Å². The monoisotopic (exact) mass is 694 g/mol. The molecular weight excluding hydrogens is 666 g/mol. The number of alkyl halides is 3. The molecule has 0 fully saturated rings. The molecule has 0 amide bonds. The molecule has 0 radical (unpaired) electrons. The SMILES string of the molecule is FC(F)(F)c1ccccc1-c1cc(-n2c3ccccc3c3ccc(-c4ccccc4)cc32)ccc1-c1nc(-c2ccccc2)nc(-c2ccccc2)n1. The van der Waals surface area contributed by atoms with Gasteiger partial charge in [0.1, 0.15) is 0 Å². The Bertz CT molecular complexity index is 2700. The molecule has 7 heteroatoms. The smallest absolute Gasteiger partial charge is 0.309 e. The minimum absolute atomic E-state index is 0.0329. The molecular formula is C46H29F3N4. The minimum atomic E-state index is -4.61. The molecule has 9 rings (SSSR count). The van der Waals surface area contributed by atoms with Gasteiger partial charge in [0.2, 0.25) is 0 Å². The third kappa shape index (κ3) is 5.92. The lowest BCUT2D eigenvalue weighted by Gasteiger charge is -2.18. The Morgan fingerprint density at radius 1 is 0.377 bits per heavy atom. The molecule has 0 aliphatic rings. The molecule has 2 heterocycles. The molecule has 4 nitrogen and oxygen atoms in total. The second-order valence-electron chi connectivity index (χ2n) is 12.8. The first-order valence-corrected chi connectivity index (χ1v) is 17.2. The summed E-state index contributed by atoms with van der Waals surface area (Å²) in [5.74, 6) is 1.11. The summed E-state index contributed by atoms with van der Waals surface area (Å²) in [7, 11) is 0. The van der Waals surface area contributed by atoms with Crippen LogP contribution in [-0.4, -0.2) is 19.5 Å². The fourth-order valence-corrected chi connectivity index (χ4v) is 7.04. The molecule has 0 bridgehead atoms. The molecule has 0 saturated carbocycles. The Morgan fingerprint density at radius 3 is 1.58 bits per heavy atom. The number of hydrogen-bond donors (Lipinski definition) is 0. The fourth-order valence-electron chi connectivity index (χ4n) is 7.04. The van der Waals surface area contributed by atoms with E-state index < -0.39 is 11.7 Å². The van der Waals surface area contributed by atoms with Gasteiger partial charge >= 0.3 is 6.18 Å². The van der Waals surface area contributed by atoms with Gasteiger partial charge in [-0.3, -0.25) is 0 Å². The van der Waals surface area contributed by atoms with Crippen molar-refractivity contribution in [3.8, 4) is 62.1 Å². The second-order valence-corrected chi connectivity index (χ2v) is 12.8. The van der Waals surface area contributed by atoms with Crippen molar-refractivity contribution in [3.05, 3.63) is 181 Å². The highest BCUT2D eigenvalue weighted by Gasteiger charge is 2.34. The van der Waals surface area contributed by atoms with E-state index in [2.05, 4.69) is 41.0 Å². The zero-order valence-electron chi connectivity index (χ0n) is 28.2. The number of hydrogen-bond acceptors (Lipinski definition) is 3. The van der Waals surface area contributed by atoms with Crippen LogP contribution in [0.2, 0.25) is 0 Å². The van der Waals surface area contributed by atoms with Crippen LogP contribution in [0, 0.1) is 0 Å². The Balaban J connectivity index is 1.33. The van der Waals surface area contributed by atoms with E-state index in [0.717, 1.165) is 50.1 Å². The van der Waals surface area contributed by atoms with Crippen LogP contribution in [0.4, 0.5) is 13.2 Å². The first-order chi connectivity index (χ1) is 25.9. The molecule has 254 valence electrons. The highest BCUT2D eigenvalue weighted by atomic mass is 19.4. The quantitative estimate of drug-likeness (QED) is 0.174. The molecule has 2 aromatic heterocycles. The molecule has 9 aromatic rings. The molecule has 0 aliphatic heterocycles. The largest absolute Gasteiger partial charge is 0.417 e. The van der Waals surface area contributed by atoms with Crippen molar-refractivity contribution in [2.75, 3.05) is 0 Å². The lowest BCUT2D eigenvalue weighted by atomic mass is 9.93. The van der Waals surface area contributed by atoms with E-state index in [1.165, 1.54) is 12.1 Å². The summed E-state index contributed by atoms with van der Waals surface area (Å²) in [5.41, 5.74) is 6.31. The standard InChI is InChI=1S/C46H29F3N4/c47-46(48,49)40-22-12-10-20-35(40)39-29-34(53-41-23-13-11-21-36(41)37-26-24-33(28-42(37)53)30-14-4-1-5-15-30)25-27-38(39)45-51-43(31-16-6-2-7-17-31)50-44(52-45)32-18-8-3-9-19-32/h1-29H. The van der Waals surface area contributed by atoms with Gasteiger partial charge in [-0.25, -0.2) is 15.0 Å². The molecule has 0 spiro atoms. The van der Waals surface area contributed by atoms with Crippen LogP contribution < -0.4 is 0 Å². The van der Waals surface area contributed by atoms with Gasteiger partial charge in [-0.2, -0.15) is 13.2 Å². The van der Waals surface area contributed by atoms with Crippen molar-refractivity contribution >= 4 is 21.8 Å². The minimum Gasteiger partial charge on any atom is -0.309 e. The maximum Gasteiger partial charge on any atom is 0.417 e. The second kappa shape index (κ2) is 13.0. The summed E-state index contributed by atoms with van der Waals surface area (Å²) in [4.78, 5) is 14.6. The lowest BCUT2D eigenvalue weighted by Crippen LogP contribution is -2.08. The van der Waals surface area contributed by atoms with Crippen molar-refractivity contribution < 1.29 is 13.2 Å². The molecule has 0 atom stereocenters. The maximum absolute atomic E-state index is 14.8. The summed E-state index contributed by atoms with van der Waals surface area (Å²) >= 11 is 0. The number of nitrogens with zero attached hydrogens (tertiary/aromatic N) is 4. The summed E-state index contributed by atoms with van der Waals surface area (Å²) in [6.45, 7) is 0. The highest BCUT2D eigenvalue weighted by molar-refractivity contribution is 6.10. The van der Waals surface area contributed by atoms with Gasteiger partial charge in [-0.15, -0.1) is 0 Å². The average molecular weight is 695 g/mol. The molecule has 53 heavy (non-hydrogen) atoms. The number of benzene rings is 7. The van der Waals surface area contributed by atoms with Crippen molar-refractivity contribution in [2.24, 2.45) is 0 Å². The van der Waals surface area contributed by atoms with Crippen LogP contribution in [0.25, 0.3) is 83.9 Å². The van der Waals surface area contributed by atoms with E-state index in [4.69, 9.17) is 15.0 Å². The van der Waals surface area contributed by atoms with Crippen molar-refractivity contribution in [2.45, 2.75) is 6.18 Å². The maximum atomic E-state index is 14.8. The van der Waals surface area contributed by atoms with Crippen molar-refractivity contribution in [3.63, 3.8) is 0 Å². The zero-order chi connectivity index (χ0) is 35.9. The number of para-hydroxylation sites is 1. The van der Waals surface area contributed by atoms with Gasteiger partial charge in [-0.1, -0.05) is 140 Å². The lowest BCUT2D eigenvalue weighted by molar-refractivity contribution is -0.137. The number of fused-ring (bicyclic) bond motifs is 3. The number of halogens is 3. The van der Waals surface area contributed by atoms with Gasteiger partial charge in [0, 0.05) is 33.2 Å². The zero-order valence-corrected chi connectivity index (χ0v) is 28.2. The van der Waals surface area contributed by atoms with Gasteiger partial charge in [0.05, 0.1) is 16.6 Å². The van der Waals surface area contributed by atoms with Crippen molar-refractivity contribution in [1.29, 1.82) is 0 Å². The predicted octanol–water partition coefficient (Wildman–Crippen LogP) is 12.3. The fraction of sp³-hybridized carbons (Fsp3) is 0.0217. The van der Waals surface area contributed by atoms with Crippen LogP contribution >= 0.6 is 0 Å². The Hall–Kier alpha value is -6.86. The number of aromatic nitrogens is 4. The van der Waals surface area contributed by atoms with Crippen LogP contribution in [0.15, 0.2) is 176 Å². The van der Waals surface area contributed by atoms with Crippen molar-refractivity contribution in [1.82, 2.24) is 19.5 Å². The predicted molar refractivity (Wildman–Crippen MR) is 206 cm³/mol. The van der Waals surface area contributed by atoms with Gasteiger partial charge in [0.15, 0.2) is 17.5 Å². The summed E-state index contributed by atoms with van der Waals surface area (Å²) in [5, 5.41) is 2.08. The third-order valence-corrected chi connectivity index (χ3v) is 9.51. The van der Waals surface area contributed by atoms with E-state index in [9.17, 15) is 13.2 Å². The Labute approximate surface area is 303 Å². The summed E-state index contributed by atoms with van der Waals surface area (Å²) in [6, 6.07) is 54.9. The van der Waals surface area contributed by atoms with E-state index in [0.29, 0.717) is 28.5 Å². The first kappa shape index (κ1) is 32.1. The van der Waals surface area contributed by atoms with Crippen LogP contribution in [0.1, 0.15) is 5.56 Å². The molecule has 0 saturated heterocycles. The average Bonchev–Trinajstić information content (AvgIpc) is 3.55. The van der Waals surface area contributed by atoms with E-state index in [1.807, 2.05) is 115 Å². The van der Waals surface area contributed by atoms with Crippen LogP contribution in [-0.2, 0) is 6.18 Å². The molecule has 7 aromatic carbocycles. The van der Waals surface area contributed by atoms with E-state index >= 15 is 0 Å².